The molecular formula is C16H19N3. The van der Waals surface area contributed by atoms with E-state index in [1.165, 1.54) is 29.7 Å². The minimum Gasteiger partial charge on any atom is -0.399 e. The van der Waals surface area contributed by atoms with Gasteiger partial charge in [-0.2, -0.15) is 0 Å². The van der Waals surface area contributed by atoms with Crippen LogP contribution in [0.15, 0.2) is 36.4 Å². The molecule has 0 radical (unpaired) electrons. The zero-order chi connectivity index (χ0) is 13.2. The molecule has 1 heterocycles. The Labute approximate surface area is 114 Å². The Balaban J connectivity index is 1.76. The zero-order valence-corrected chi connectivity index (χ0v) is 11.3. The second-order valence-electron chi connectivity index (χ2n) is 5.23. The number of pyridine rings is 1. The molecule has 0 amide bonds. The fourth-order valence-corrected chi connectivity index (χ4v) is 2.60. The van der Waals surface area contributed by atoms with Crippen molar-refractivity contribution in [3.63, 3.8) is 0 Å². The monoisotopic (exact) mass is 253 g/mol. The van der Waals surface area contributed by atoms with Crippen molar-refractivity contribution in [1.29, 1.82) is 0 Å². The van der Waals surface area contributed by atoms with E-state index in [4.69, 9.17) is 10.7 Å². The maximum Gasteiger partial charge on any atom is 0.128 e. The van der Waals surface area contributed by atoms with Gasteiger partial charge in [0.2, 0.25) is 0 Å². The summed E-state index contributed by atoms with van der Waals surface area (Å²) < 4.78 is 0. The fraction of sp³-hybridized carbons (Fsp3) is 0.312. The summed E-state index contributed by atoms with van der Waals surface area (Å²) in [5, 5.41) is 0. The van der Waals surface area contributed by atoms with Gasteiger partial charge in [-0.25, -0.2) is 4.98 Å². The van der Waals surface area contributed by atoms with Gasteiger partial charge in [0.15, 0.2) is 0 Å². The van der Waals surface area contributed by atoms with Crippen molar-refractivity contribution >= 4 is 11.5 Å². The quantitative estimate of drug-likeness (QED) is 0.855. The van der Waals surface area contributed by atoms with E-state index in [0.717, 1.165) is 24.5 Å². The van der Waals surface area contributed by atoms with Crippen molar-refractivity contribution in [2.45, 2.75) is 25.8 Å². The van der Waals surface area contributed by atoms with E-state index >= 15 is 0 Å². The molecule has 1 aliphatic rings. The van der Waals surface area contributed by atoms with Gasteiger partial charge in [0.1, 0.15) is 5.82 Å². The highest BCUT2D eigenvalue weighted by atomic mass is 15.2. The number of aromatic nitrogens is 1. The van der Waals surface area contributed by atoms with Crippen molar-refractivity contribution in [1.82, 2.24) is 4.98 Å². The van der Waals surface area contributed by atoms with Crippen LogP contribution in [-0.2, 0) is 19.4 Å². The summed E-state index contributed by atoms with van der Waals surface area (Å²) in [6.45, 7) is 0.853. The molecule has 3 rings (SSSR count). The molecule has 2 aromatic rings. The Morgan fingerprint density at radius 1 is 1.11 bits per heavy atom. The van der Waals surface area contributed by atoms with E-state index in [-0.39, 0.29) is 0 Å². The maximum atomic E-state index is 5.70. The van der Waals surface area contributed by atoms with Crippen LogP contribution in [0.5, 0.6) is 0 Å². The molecule has 0 saturated heterocycles. The van der Waals surface area contributed by atoms with Gasteiger partial charge in [-0.15, -0.1) is 0 Å². The molecular weight excluding hydrogens is 234 g/mol. The van der Waals surface area contributed by atoms with Crippen LogP contribution in [0.1, 0.15) is 23.2 Å². The van der Waals surface area contributed by atoms with Crippen LogP contribution in [0.4, 0.5) is 11.5 Å². The van der Waals surface area contributed by atoms with Gasteiger partial charge in [0.05, 0.1) is 0 Å². The molecule has 2 N–H and O–H groups in total. The predicted octanol–water partition coefficient (Wildman–Crippen LogP) is 2.79. The van der Waals surface area contributed by atoms with Gasteiger partial charge in [0, 0.05) is 25.0 Å². The average Bonchev–Trinajstić information content (AvgIpc) is 2.88. The molecule has 3 heteroatoms. The first-order valence-electron chi connectivity index (χ1n) is 6.77. The van der Waals surface area contributed by atoms with Crippen LogP contribution in [0.3, 0.4) is 0 Å². The van der Waals surface area contributed by atoms with E-state index in [9.17, 15) is 0 Å². The van der Waals surface area contributed by atoms with E-state index in [2.05, 4.69) is 36.2 Å². The molecule has 1 aromatic carbocycles. The first-order chi connectivity index (χ1) is 9.22. The van der Waals surface area contributed by atoms with Crippen LogP contribution >= 0.6 is 0 Å². The van der Waals surface area contributed by atoms with Crippen molar-refractivity contribution in [2.75, 3.05) is 17.7 Å². The van der Waals surface area contributed by atoms with Crippen LogP contribution in [0, 0.1) is 0 Å². The largest absolute Gasteiger partial charge is 0.399 e. The second kappa shape index (κ2) is 4.92. The molecule has 19 heavy (non-hydrogen) atoms. The zero-order valence-electron chi connectivity index (χ0n) is 11.3. The summed E-state index contributed by atoms with van der Waals surface area (Å²) in [4.78, 5) is 6.95. The van der Waals surface area contributed by atoms with E-state index < -0.39 is 0 Å². The lowest BCUT2D eigenvalue weighted by molar-refractivity contribution is 0.874. The Kier molecular flexibility index (Phi) is 3.11. The maximum absolute atomic E-state index is 5.70. The smallest absolute Gasteiger partial charge is 0.128 e. The number of aryl methyl sites for hydroxylation is 2. The number of rotatable bonds is 3. The molecule has 0 spiro atoms. The van der Waals surface area contributed by atoms with Crippen LogP contribution in [-0.4, -0.2) is 12.0 Å². The summed E-state index contributed by atoms with van der Waals surface area (Å²) in [6, 6.07) is 12.4. The van der Waals surface area contributed by atoms with Gasteiger partial charge in [-0.05, 0) is 48.6 Å². The van der Waals surface area contributed by atoms with Gasteiger partial charge in [-0.3, -0.25) is 0 Å². The summed E-state index contributed by atoms with van der Waals surface area (Å²) in [7, 11) is 2.08. The lowest BCUT2D eigenvalue weighted by atomic mass is 10.2. The van der Waals surface area contributed by atoms with Gasteiger partial charge in [0.25, 0.3) is 0 Å². The summed E-state index contributed by atoms with van der Waals surface area (Å²) in [5.41, 5.74) is 10.5. The van der Waals surface area contributed by atoms with Gasteiger partial charge < -0.3 is 10.6 Å². The normalized spacial score (nSPS) is 13.3. The molecule has 0 atom stereocenters. The number of hydrogen-bond acceptors (Lipinski definition) is 3. The third-order valence-corrected chi connectivity index (χ3v) is 3.70. The summed E-state index contributed by atoms with van der Waals surface area (Å²) >= 11 is 0. The highest BCUT2D eigenvalue weighted by molar-refractivity contribution is 5.44. The number of hydrogen-bond donors (Lipinski definition) is 1. The molecule has 1 aliphatic carbocycles. The Hall–Kier alpha value is -2.03. The molecule has 98 valence electrons. The first kappa shape index (κ1) is 12.0. The van der Waals surface area contributed by atoms with Crippen molar-refractivity contribution in [3.8, 4) is 0 Å². The highest BCUT2D eigenvalue weighted by Gasteiger charge is 2.13. The lowest BCUT2D eigenvalue weighted by Gasteiger charge is -2.19. The highest BCUT2D eigenvalue weighted by Crippen LogP contribution is 2.23. The molecule has 0 bridgehead atoms. The fourth-order valence-electron chi connectivity index (χ4n) is 2.60. The third kappa shape index (κ3) is 2.55. The van der Waals surface area contributed by atoms with E-state index in [0.29, 0.717) is 0 Å². The van der Waals surface area contributed by atoms with Crippen molar-refractivity contribution in [2.24, 2.45) is 0 Å². The van der Waals surface area contributed by atoms with Gasteiger partial charge >= 0.3 is 0 Å². The van der Waals surface area contributed by atoms with E-state index in [1.807, 2.05) is 12.1 Å². The Morgan fingerprint density at radius 3 is 2.68 bits per heavy atom. The van der Waals surface area contributed by atoms with Crippen LogP contribution in [0.2, 0.25) is 0 Å². The second-order valence-corrected chi connectivity index (χ2v) is 5.23. The van der Waals surface area contributed by atoms with Crippen molar-refractivity contribution in [3.05, 3.63) is 53.2 Å². The first-order valence-corrected chi connectivity index (χ1v) is 6.77. The minimum absolute atomic E-state index is 0.807. The standard InChI is InChI=1S/C16H19N3/c1-19(11-12-5-8-14(17)9-6-12)16-10-7-13-3-2-4-15(13)18-16/h5-10H,2-4,11,17H2,1H3. The summed E-state index contributed by atoms with van der Waals surface area (Å²) in [5.74, 6) is 1.05. The Bertz CT molecular complexity index is 575. The topological polar surface area (TPSA) is 42.1 Å². The number of anilines is 2. The molecule has 0 unspecified atom stereocenters. The molecule has 1 aromatic heterocycles. The minimum atomic E-state index is 0.807. The molecule has 3 nitrogen and oxygen atoms in total. The van der Waals surface area contributed by atoms with Crippen LogP contribution < -0.4 is 10.6 Å². The number of fused-ring (bicyclic) bond motifs is 1. The number of benzene rings is 1. The lowest BCUT2D eigenvalue weighted by Crippen LogP contribution is -2.18. The van der Waals surface area contributed by atoms with Gasteiger partial charge in [-0.1, -0.05) is 18.2 Å². The third-order valence-electron chi connectivity index (χ3n) is 3.70. The number of nitrogen functional groups attached to an aromatic ring is 1. The molecule has 0 fully saturated rings. The predicted molar refractivity (Wildman–Crippen MR) is 79.2 cm³/mol. The number of nitrogens with two attached hydrogens (primary N) is 1. The summed E-state index contributed by atoms with van der Waals surface area (Å²) in [6.07, 6.45) is 3.55. The van der Waals surface area contributed by atoms with Crippen molar-refractivity contribution < 1.29 is 0 Å². The average molecular weight is 253 g/mol. The number of nitrogens with zero attached hydrogens (tertiary/aromatic N) is 2. The Morgan fingerprint density at radius 2 is 1.89 bits per heavy atom. The SMILES string of the molecule is CN(Cc1ccc(N)cc1)c1ccc2c(n1)CCC2. The van der Waals surface area contributed by atoms with E-state index in [1.54, 1.807) is 0 Å². The molecule has 0 aliphatic heterocycles. The molecule has 0 saturated carbocycles. The van der Waals surface area contributed by atoms with Crippen LogP contribution in [0.25, 0.3) is 0 Å².